The lowest BCUT2D eigenvalue weighted by Crippen LogP contribution is -2.51. The lowest BCUT2D eigenvalue weighted by Gasteiger charge is -2.29. The first-order valence-corrected chi connectivity index (χ1v) is 12.1. The van der Waals surface area contributed by atoms with E-state index in [4.69, 9.17) is 0 Å². The van der Waals surface area contributed by atoms with Gasteiger partial charge in [0.15, 0.2) is 0 Å². The van der Waals surface area contributed by atoms with Crippen molar-refractivity contribution in [2.75, 3.05) is 12.3 Å². The van der Waals surface area contributed by atoms with Crippen LogP contribution in [0.3, 0.4) is 0 Å². The highest BCUT2D eigenvalue weighted by atomic mass is 32.2. The van der Waals surface area contributed by atoms with Crippen molar-refractivity contribution in [3.05, 3.63) is 71.5 Å². The Morgan fingerprint density at radius 3 is 2.42 bits per heavy atom. The third-order valence-electron chi connectivity index (χ3n) is 5.76. The van der Waals surface area contributed by atoms with Gasteiger partial charge in [0, 0.05) is 18.3 Å². The van der Waals surface area contributed by atoms with Crippen LogP contribution in [0.2, 0.25) is 0 Å². The summed E-state index contributed by atoms with van der Waals surface area (Å²) < 4.78 is 13.1. The fraction of sp³-hybridized carbons (Fsp3) is 0.440. The summed E-state index contributed by atoms with van der Waals surface area (Å²) in [6, 6.07) is 16.1. The third-order valence-corrected chi connectivity index (χ3v) is 6.75. The summed E-state index contributed by atoms with van der Waals surface area (Å²) in [6.07, 6.45) is 5.04. The molecule has 1 aliphatic rings. The Balaban J connectivity index is 1.59. The molecule has 1 atom stereocenters. The van der Waals surface area contributed by atoms with Gasteiger partial charge in [-0.1, -0.05) is 55.3 Å². The summed E-state index contributed by atoms with van der Waals surface area (Å²) in [6.45, 7) is 2.32. The molecule has 0 aliphatic heterocycles. The van der Waals surface area contributed by atoms with Crippen molar-refractivity contribution in [2.24, 2.45) is 0 Å². The Labute approximate surface area is 188 Å². The second-order valence-corrected chi connectivity index (χ2v) is 9.09. The highest BCUT2D eigenvalue weighted by molar-refractivity contribution is 7.99. The smallest absolute Gasteiger partial charge is 0.242 e. The maximum Gasteiger partial charge on any atom is 0.242 e. The molecule has 0 spiro atoms. The lowest BCUT2D eigenvalue weighted by molar-refractivity contribution is -0.138. The molecule has 2 aromatic rings. The van der Waals surface area contributed by atoms with Gasteiger partial charge in [-0.25, -0.2) is 4.39 Å². The van der Waals surface area contributed by atoms with E-state index in [2.05, 4.69) is 5.32 Å². The largest absolute Gasteiger partial charge is 0.352 e. The first-order chi connectivity index (χ1) is 15.0. The van der Waals surface area contributed by atoms with Crippen LogP contribution in [0.25, 0.3) is 0 Å². The molecule has 6 heteroatoms. The highest BCUT2D eigenvalue weighted by Gasteiger charge is 2.28. The van der Waals surface area contributed by atoms with Gasteiger partial charge in [-0.15, -0.1) is 11.8 Å². The van der Waals surface area contributed by atoms with Gasteiger partial charge in [0.05, 0.1) is 5.75 Å². The van der Waals surface area contributed by atoms with Crippen molar-refractivity contribution in [2.45, 2.75) is 56.9 Å². The number of halogens is 1. The van der Waals surface area contributed by atoms with Crippen LogP contribution in [0.4, 0.5) is 4.39 Å². The van der Waals surface area contributed by atoms with Gasteiger partial charge in [-0.3, -0.25) is 9.59 Å². The van der Waals surface area contributed by atoms with E-state index in [9.17, 15) is 14.0 Å². The van der Waals surface area contributed by atoms with Crippen LogP contribution in [0.1, 0.15) is 43.7 Å². The van der Waals surface area contributed by atoms with Gasteiger partial charge in [0.2, 0.25) is 11.8 Å². The number of hydrogen-bond acceptors (Lipinski definition) is 3. The molecule has 0 radical (unpaired) electrons. The Bertz CT molecular complexity index is 838. The minimum absolute atomic E-state index is 0.0443. The first-order valence-electron chi connectivity index (χ1n) is 11.0. The maximum absolute atomic E-state index is 13.1. The standard InChI is InChI=1S/C25H31FN2O2S/c1-19(25(30)27-23-9-5-6-10-23)28(16-15-20-7-3-2-4-8-20)24(29)18-31-17-21-11-13-22(26)14-12-21/h2-4,7-8,11-14,19,23H,5-6,9-10,15-18H2,1H3,(H,27,30)/t19-/m1/s1. The molecule has 0 heterocycles. The summed E-state index contributed by atoms with van der Waals surface area (Å²) in [5, 5.41) is 3.12. The van der Waals surface area contributed by atoms with E-state index in [1.807, 2.05) is 37.3 Å². The van der Waals surface area contributed by atoms with Gasteiger partial charge < -0.3 is 10.2 Å². The summed E-state index contributed by atoms with van der Waals surface area (Å²) in [5.74, 6) is 0.530. The predicted molar refractivity (Wildman–Crippen MR) is 124 cm³/mol. The van der Waals surface area contributed by atoms with E-state index in [0.29, 0.717) is 18.7 Å². The number of hydrogen-bond donors (Lipinski definition) is 1. The summed E-state index contributed by atoms with van der Waals surface area (Å²) in [7, 11) is 0. The fourth-order valence-electron chi connectivity index (χ4n) is 3.88. The van der Waals surface area contributed by atoms with E-state index in [-0.39, 0.29) is 29.4 Å². The van der Waals surface area contributed by atoms with Crippen molar-refractivity contribution < 1.29 is 14.0 Å². The molecule has 0 unspecified atom stereocenters. The summed E-state index contributed by atoms with van der Waals surface area (Å²) in [4.78, 5) is 27.6. The SMILES string of the molecule is C[C@H](C(=O)NC1CCCC1)N(CCc1ccccc1)C(=O)CSCc1ccc(F)cc1. The molecule has 1 N–H and O–H groups in total. The fourth-order valence-corrected chi connectivity index (χ4v) is 4.75. The van der Waals surface area contributed by atoms with Crippen LogP contribution in [0.5, 0.6) is 0 Å². The Kier molecular flexibility index (Phi) is 8.95. The van der Waals surface area contributed by atoms with Crippen molar-refractivity contribution in [1.82, 2.24) is 10.2 Å². The zero-order chi connectivity index (χ0) is 22.1. The molecule has 1 aliphatic carbocycles. The lowest BCUT2D eigenvalue weighted by atomic mass is 10.1. The Hall–Kier alpha value is -2.34. The number of nitrogens with zero attached hydrogens (tertiary/aromatic N) is 1. The van der Waals surface area contributed by atoms with E-state index < -0.39 is 6.04 Å². The second-order valence-electron chi connectivity index (χ2n) is 8.11. The number of carbonyl (C=O) groups is 2. The molecule has 2 amide bonds. The zero-order valence-electron chi connectivity index (χ0n) is 18.1. The predicted octanol–water partition coefficient (Wildman–Crippen LogP) is 4.58. The Morgan fingerprint density at radius 2 is 1.74 bits per heavy atom. The average molecular weight is 443 g/mol. The molecule has 0 saturated heterocycles. The van der Waals surface area contributed by atoms with Crippen molar-refractivity contribution >= 4 is 23.6 Å². The minimum Gasteiger partial charge on any atom is -0.352 e. The molecular formula is C25H31FN2O2S. The van der Waals surface area contributed by atoms with E-state index in [1.54, 1.807) is 17.0 Å². The summed E-state index contributed by atoms with van der Waals surface area (Å²) in [5.41, 5.74) is 2.12. The topological polar surface area (TPSA) is 49.4 Å². The summed E-state index contributed by atoms with van der Waals surface area (Å²) >= 11 is 1.49. The average Bonchev–Trinajstić information content (AvgIpc) is 3.29. The zero-order valence-corrected chi connectivity index (χ0v) is 18.9. The van der Waals surface area contributed by atoms with Gasteiger partial charge in [0.25, 0.3) is 0 Å². The molecule has 0 aromatic heterocycles. The molecule has 3 rings (SSSR count). The van der Waals surface area contributed by atoms with Crippen LogP contribution >= 0.6 is 11.8 Å². The van der Waals surface area contributed by atoms with Crippen LogP contribution in [-0.2, 0) is 21.8 Å². The minimum atomic E-state index is -0.511. The Morgan fingerprint density at radius 1 is 1.06 bits per heavy atom. The number of carbonyl (C=O) groups excluding carboxylic acids is 2. The van der Waals surface area contributed by atoms with E-state index >= 15 is 0 Å². The first kappa shape index (κ1) is 23.3. The quantitative estimate of drug-likeness (QED) is 0.586. The van der Waals surface area contributed by atoms with Crippen LogP contribution in [0, 0.1) is 5.82 Å². The molecule has 1 fully saturated rings. The van der Waals surface area contributed by atoms with Crippen molar-refractivity contribution in [3.8, 4) is 0 Å². The van der Waals surface area contributed by atoms with Crippen LogP contribution in [0.15, 0.2) is 54.6 Å². The molecular weight excluding hydrogens is 411 g/mol. The van der Waals surface area contributed by atoms with Crippen LogP contribution < -0.4 is 5.32 Å². The normalized spacial score (nSPS) is 14.9. The molecule has 2 aromatic carbocycles. The van der Waals surface area contributed by atoms with Crippen molar-refractivity contribution in [3.63, 3.8) is 0 Å². The van der Waals surface area contributed by atoms with Gasteiger partial charge >= 0.3 is 0 Å². The molecule has 166 valence electrons. The van der Waals surface area contributed by atoms with E-state index in [0.717, 1.165) is 36.8 Å². The highest BCUT2D eigenvalue weighted by Crippen LogP contribution is 2.19. The number of rotatable bonds is 10. The third kappa shape index (κ3) is 7.39. The van der Waals surface area contributed by atoms with Gasteiger partial charge in [-0.05, 0) is 49.4 Å². The second kappa shape index (κ2) is 11.9. The van der Waals surface area contributed by atoms with Gasteiger partial charge in [-0.2, -0.15) is 0 Å². The van der Waals surface area contributed by atoms with Crippen molar-refractivity contribution in [1.29, 1.82) is 0 Å². The van der Waals surface area contributed by atoms with E-state index in [1.165, 1.54) is 23.9 Å². The number of nitrogens with one attached hydrogen (secondary N) is 1. The number of thioether (sulfide) groups is 1. The van der Waals surface area contributed by atoms with Crippen LogP contribution in [-0.4, -0.2) is 41.1 Å². The molecule has 4 nitrogen and oxygen atoms in total. The molecule has 1 saturated carbocycles. The maximum atomic E-state index is 13.1. The molecule has 31 heavy (non-hydrogen) atoms. The number of benzene rings is 2. The molecule has 0 bridgehead atoms. The van der Waals surface area contributed by atoms with Gasteiger partial charge in [0.1, 0.15) is 11.9 Å². The monoisotopic (exact) mass is 442 g/mol. The number of amides is 2.